The molecule has 0 aliphatic heterocycles. The highest BCUT2D eigenvalue weighted by Crippen LogP contribution is 2.20. The lowest BCUT2D eigenvalue weighted by Gasteiger charge is -2.05. The molecule has 0 bridgehead atoms. The minimum absolute atomic E-state index is 0.332. The Morgan fingerprint density at radius 3 is 1.94 bits per heavy atom. The molecule has 94 valence electrons. The first kappa shape index (κ1) is 13.3. The summed E-state index contributed by atoms with van der Waals surface area (Å²) in [5.74, 6) is 0. The maximum atomic E-state index is 12.3. The highest BCUT2D eigenvalue weighted by atomic mass is 79.9. The van der Waals surface area contributed by atoms with E-state index >= 15 is 0 Å². The van der Waals surface area contributed by atoms with Crippen molar-refractivity contribution in [3.63, 3.8) is 0 Å². The largest absolute Gasteiger partial charge is 0.219 e. The summed E-state index contributed by atoms with van der Waals surface area (Å²) in [5.41, 5.74) is 1.12. The van der Waals surface area contributed by atoms with Crippen molar-refractivity contribution in [3.05, 3.63) is 60.2 Å². The van der Waals surface area contributed by atoms with Crippen molar-refractivity contribution in [2.45, 2.75) is 16.2 Å². The van der Waals surface area contributed by atoms with Crippen LogP contribution in [-0.4, -0.2) is 13.7 Å². The Hall–Kier alpha value is -1.13. The van der Waals surface area contributed by atoms with Gasteiger partial charge in [0.05, 0.1) is 9.79 Å². The summed E-state index contributed by atoms with van der Waals surface area (Å²) in [6.07, 6.45) is 0.895. The Balaban J connectivity index is 2.36. The van der Waals surface area contributed by atoms with Gasteiger partial charge in [0.15, 0.2) is 0 Å². The molecule has 0 radical (unpaired) electrons. The van der Waals surface area contributed by atoms with Gasteiger partial charge < -0.3 is 0 Å². The lowest BCUT2D eigenvalue weighted by atomic mass is 10.2. The number of sulfone groups is 1. The molecule has 2 rings (SSSR count). The minimum atomic E-state index is -3.38. The van der Waals surface area contributed by atoms with Crippen LogP contribution in [0.25, 0.3) is 0 Å². The van der Waals surface area contributed by atoms with Gasteiger partial charge in [-0.05, 0) is 36.2 Å². The van der Waals surface area contributed by atoms with E-state index in [-0.39, 0.29) is 0 Å². The lowest BCUT2D eigenvalue weighted by Crippen LogP contribution is -2.01. The van der Waals surface area contributed by atoms with Gasteiger partial charge >= 0.3 is 0 Å². The highest BCUT2D eigenvalue weighted by Gasteiger charge is 2.16. The first-order valence-corrected chi connectivity index (χ1v) is 8.20. The van der Waals surface area contributed by atoms with E-state index in [1.54, 1.807) is 42.5 Å². The van der Waals surface area contributed by atoms with Crippen LogP contribution in [0.1, 0.15) is 5.56 Å². The maximum Gasteiger partial charge on any atom is 0.206 e. The van der Waals surface area contributed by atoms with Gasteiger partial charge in [0.2, 0.25) is 9.84 Å². The van der Waals surface area contributed by atoms with E-state index in [1.807, 2.05) is 12.1 Å². The third-order valence-electron chi connectivity index (χ3n) is 2.67. The summed E-state index contributed by atoms with van der Waals surface area (Å²) < 4.78 is 24.6. The number of aryl methyl sites for hydroxylation is 1. The summed E-state index contributed by atoms with van der Waals surface area (Å²) in [6, 6.07) is 15.5. The fourth-order valence-electron chi connectivity index (χ4n) is 1.68. The van der Waals surface area contributed by atoms with E-state index < -0.39 is 9.84 Å². The molecule has 0 unspecified atom stereocenters. The molecule has 0 N–H and O–H groups in total. The number of rotatable bonds is 4. The number of benzene rings is 2. The Morgan fingerprint density at radius 2 is 1.39 bits per heavy atom. The Kier molecular flexibility index (Phi) is 4.19. The average molecular weight is 325 g/mol. The molecule has 0 spiro atoms. The molecule has 0 fully saturated rings. The molecule has 0 heterocycles. The van der Waals surface area contributed by atoms with Crippen LogP contribution in [0.3, 0.4) is 0 Å². The first-order valence-electron chi connectivity index (χ1n) is 5.59. The molecular formula is C14H13BrO2S. The number of alkyl halides is 1. The molecule has 0 saturated carbocycles. The van der Waals surface area contributed by atoms with Crippen LogP contribution in [0.5, 0.6) is 0 Å². The van der Waals surface area contributed by atoms with Crippen molar-refractivity contribution in [2.24, 2.45) is 0 Å². The van der Waals surface area contributed by atoms with Crippen LogP contribution in [0.15, 0.2) is 64.4 Å². The molecule has 0 aliphatic carbocycles. The summed E-state index contributed by atoms with van der Waals surface area (Å²) in [5, 5.41) is 0.873. The molecule has 4 heteroatoms. The maximum absolute atomic E-state index is 12.3. The zero-order valence-electron chi connectivity index (χ0n) is 9.71. The molecule has 2 aromatic carbocycles. The van der Waals surface area contributed by atoms with Crippen LogP contribution in [0.2, 0.25) is 0 Å². The second-order valence-corrected chi connectivity index (χ2v) is 6.64. The normalized spacial score (nSPS) is 11.4. The van der Waals surface area contributed by atoms with Crippen LogP contribution < -0.4 is 0 Å². The summed E-state index contributed by atoms with van der Waals surface area (Å²) in [4.78, 5) is 0.672. The smallest absolute Gasteiger partial charge is 0.206 e. The molecule has 2 nitrogen and oxygen atoms in total. The Bertz CT molecular complexity index is 604. The van der Waals surface area contributed by atoms with Crippen LogP contribution in [0.4, 0.5) is 0 Å². The zero-order valence-corrected chi connectivity index (χ0v) is 12.1. The van der Waals surface area contributed by atoms with E-state index in [4.69, 9.17) is 0 Å². The monoisotopic (exact) mass is 324 g/mol. The fraction of sp³-hybridized carbons (Fsp3) is 0.143. The quantitative estimate of drug-likeness (QED) is 0.807. The molecule has 0 amide bonds. The summed E-state index contributed by atoms with van der Waals surface area (Å²) in [6.45, 7) is 0. The van der Waals surface area contributed by atoms with Crippen molar-refractivity contribution in [1.29, 1.82) is 0 Å². The van der Waals surface area contributed by atoms with Crippen molar-refractivity contribution in [3.8, 4) is 0 Å². The third-order valence-corrected chi connectivity index (χ3v) is 4.85. The van der Waals surface area contributed by atoms with Gasteiger partial charge in [-0.15, -0.1) is 0 Å². The van der Waals surface area contributed by atoms with Crippen molar-refractivity contribution in [1.82, 2.24) is 0 Å². The van der Waals surface area contributed by atoms with Crippen molar-refractivity contribution >= 4 is 25.8 Å². The average Bonchev–Trinajstić information content (AvgIpc) is 2.41. The molecule has 0 aliphatic rings. The van der Waals surface area contributed by atoms with Gasteiger partial charge in [-0.1, -0.05) is 46.3 Å². The van der Waals surface area contributed by atoms with E-state index in [9.17, 15) is 8.42 Å². The van der Waals surface area contributed by atoms with Crippen LogP contribution in [0, 0.1) is 0 Å². The van der Waals surface area contributed by atoms with Crippen molar-refractivity contribution in [2.75, 3.05) is 5.33 Å². The first-order chi connectivity index (χ1) is 8.64. The van der Waals surface area contributed by atoms with E-state index in [1.165, 1.54) is 0 Å². The third kappa shape index (κ3) is 2.82. The van der Waals surface area contributed by atoms with Crippen molar-refractivity contribution < 1.29 is 8.42 Å². The second kappa shape index (κ2) is 5.67. The molecule has 0 aromatic heterocycles. The second-order valence-electron chi connectivity index (χ2n) is 3.90. The van der Waals surface area contributed by atoms with E-state index in [2.05, 4.69) is 15.9 Å². The number of halogens is 1. The number of hydrogen-bond donors (Lipinski definition) is 0. The molecule has 2 aromatic rings. The Morgan fingerprint density at radius 1 is 0.833 bits per heavy atom. The zero-order chi connectivity index (χ0) is 13.0. The van der Waals surface area contributed by atoms with Gasteiger partial charge in [-0.2, -0.15) is 0 Å². The Labute approximate surface area is 116 Å². The molecule has 0 saturated heterocycles. The highest BCUT2D eigenvalue weighted by molar-refractivity contribution is 9.09. The predicted octanol–water partition coefficient (Wildman–Crippen LogP) is 3.46. The molecule has 18 heavy (non-hydrogen) atoms. The van der Waals surface area contributed by atoms with Gasteiger partial charge in [0.1, 0.15) is 0 Å². The van der Waals surface area contributed by atoms with Crippen LogP contribution >= 0.6 is 15.9 Å². The molecule has 0 atom stereocenters. The SMILES string of the molecule is O=S(=O)(c1ccccc1)c1ccc(CCBr)cc1. The lowest BCUT2D eigenvalue weighted by molar-refractivity contribution is 0.596. The van der Waals surface area contributed by atoms with Gasteiger partial charge in [-0.25, -0.2) is 8.42 Å². The van der Waals surface area contributed by atoms with E-state index in [0.29, 0.717) is 9.79 Å². The summed E-state index contributed by atoms with van der Waals surface area (Å²) >= 11 is 3.36. The standard InChI is InChI=1S/C14H13BrO2S/c15-11-10-12-6-8-14(9-7-12)18(16,17)13-4-2-1-3-5-13/h1-9H,10-11H2. The van der Waals surface area contributed by atoms with E-state index in [0.717, 1.165) is 17.3 Å². The minimum Gasteiger partial charge on any atom is -0.219 e. The predicted molar refractivity (Wildman–Crippen MR) is 75.8 cm³/mol. The topological polar surface area (TPSA) is 34.1 Å². The summed E-state index contributed by atoms with van der Waals surface area (Å²) in [7, 11) is -3.38. The van der Waals surface area contributed by atoms with Gasteiger partial charge in [0, 0.05) is 5.33 Å². The van der Waals surface area contributed by atoms with Crippen LogP contribution in [-0.2, 0) is 16.3 Å². The van der Waals surface area contributed by atoms with Gasteiger partial charge in [-0.3, -0.25) is 0 Å². The fourth-order valence-corrected chi connectivity index (χ4v) is 3.42. The number of hydrogen-bond acceptors (Lipinski definition) is 2. The van der Waals surface area contributed by atoms with Gasteiger partial charge in [0.25, 0.3) is 0 Å². The molecular weight excluding hydrogens is 312 g/mol.